The Hall–Kier alpha value is -2.10. The van der Waals surface area contributed by atoms with Crippen LogP contribution < -0.4 is 9.46 Å². The molecule has 1 atom stereocenters. The second-order valence-electron chi connectivity index (χ2n) is 5.37. The van der Waals surface area contributed by atoms with Gasteiger partial charge in [-0.3, -0.25) is 0 Å². The average Bonchev–Trinajstić information content (AvgIpc) is 2.62. The first-order valence-electron chi connectivity index (χ1n) is 7.51. The Bertz CT molecular complexity index is 836. The summed E-state index contributed by atoms with van der Waals surface area (Å²) in [6.45, 7) is -0.0903. The van der Waals surface area contributed by atoms with E-state index in [4.69, 9.17) is 9.47 Å². The van der Waals surface area contributed by atoms with Crippen LogP contribution in [0, 0.1) is 0 Å². The lowest BCUT2D eigenvalue weighted by atomic mass is 10.1. The Morgan fingerprint density at radius 3 is 2.27 bits per heavy atom. The number of hydrogen-bond donors (Lipinski definition) is 1. The molecular formula is C17H18F3NO4S. The van der Waals surface area contributed by atoms with Gasteiger partial charge in [-0.25, -0.2) is 13.1 Å². The van der Waals surface area contributed by atoms with Crippen LogP contribution in [0.5, 0.6) is 5.75 Å². The van der Waals surface area contributed by atoms with Crippen molar-refractivity contribution in [1.82, 2.24) is 4.72 Å². The molecule has 1 unspecified atom stereocenters. The number of rotatable bonds is 7. The molecule has 9 heteroatoms. The van der Waals surface area contributed by atoms with Crippen LogP contribution in [0.4, 0.5) is 13.2 Å². The van der Waals surface area contributed by atoms with Gasteiger partial charge in [0.25, 0.3) is 0 Å². The standard InChI is InChI=1S/C17H18F3NO4S/c1-24-14-5-3-4-12(10-14)16(25-2)11-21-26(22,23)15-8-6-13(7-9-15)17(18,19)20/h3-10,16,21H,11H2,1-2H3. The minimum absolute atomic E-state index is 0.0903. The quantitative estimate of drug-likeness (QED) is 0.789. The molecule has 0 aliphatic heterocycles. The Morgan fingerprint density at radius 1 is 1.08 bits per heavy atom. The molecule has 1 N–H and O–H groups in total. The zero-order valence-corrected chi connectivity index (χ0v) is 14.9. The summed E-state index contributed by atoms with van der Waals surface area (Å²) in [5.41, 5.74) is -0.218. The number of ether oxygens (including phenoxy) is 2. The van der Waals surface area contributed by atoms with Crippen molar-refractivity contribution < 1.29 is 31.1 Å². The highest BCUT2D eigenvalue weighted by molar-refractivity contribution is 7.89. The second kappa shape index (κ2) is 8.07. The maximum Gasteiger partial charge on any atom is 0.416 e. The molecule has 2 aromatic carbocycles. The first kappa shape index (κ1) is 20.2. The molecule has 0 radical (unpaired) electrons. The molecule has 142 valence electrons. The van der Waals surface area contributed by atoms with Gasteiger partial charge >= 0.3 is 6.18 Å². The van der Waals surface area contributed by atoms with Crippen molar-refractivity contribution in [3.8, 4) is 5.75 Å². The van der Waals surface area contributed by atoms with Crippen LogP contribution in [0.25, 0.3) is 0 Å². The van der Waals surface area contributed by atoms with E-state index in [0.717, 1.165) is 24.3 Å². The van der Waals surface area contributed by atoms with Crippen molar-refractivity contribution in [3.05, 3.63) is 59.7 Å². The molecule has 2 rings (SSSR count). The van der Waals surface area contributed by atoms with Crippen LogP contribution in [0.2, 0.25) is 0 Å². The summed E-state index contributed by atoms with van der Waals surface area (Å²) in [7, 11) is -1.04. The van der Waals surface area contributed by atoms with Crippen LogP contribution in [0.3, 0.4) is 0 Å². The van der Waals surface area contributed by atoms with E-state index in [9.17, 15) is 21.6 Å². The maximum absolute atomic E-state index is 12.6. The van der Waals surface area contributed by atoms with E-state index in [1.54, 1.807) is 24.3 Å². The van der Waals surface area contributed by atoms with Gasteiger partial charge in [-0.15, -0.1) is 0 Å². The molecule has 0 aromatic heterocycles. The third kappa shape index (κ3) is 4.96. The summed E-state index contributed by atoms with van der Waals surface area (Å²) < 4.78 is 75.1. The zero-order chi connectivity index (χ0) is 19.4. The van der Waals surface area contributed by atoms with Crippen LogP contribution in [0.1, 0.15) is 17.2 Å². The van der Waals surface area contributed by atoms with Crippen LogP contribution >= 0.6 is 0 Å². The molecule has 0 spiro atoms. The number of sulfonamides is 1. The van der Waals surface area contributed by atoms with E-state index < -0.39 is 27.9 Å². The minimum atomic E-state index is -4.52. The van der Waals surface area contributed by atoms with Crippen molar-refractivity contribution in [3.63, 3.8) is 0 Å². The predicted molar refractivity (Wildman–Crippen MR) is 89.4 cm³/mol. The highest BCUT2D eigenvalue weighted by Gasteiger charge is 2.30. The van der Waals surface area contributed by atoms with E-state index in [-0.39, 0.29) is 11.4 Å². The Labute approximate surface area is 149 Å². The van der Waals surface area contributed by atoms with E-state index in [1.807, 2.05) is 0 Å². The molecule has 0 aliphatic carbocycles. The van der Waals surface area contributed by atoms with Gasteiger partial charge in [-0.1, -0.05) is 12.1 Å². The number of methoxy groups -OCH3 is 2. The molecule has 0 amide bonds. The third-order valence-corrected chi connectivity index (χ3v) is 5.14. The van der Waals surface area contributed by atoms with Crippen LogP contribution in [-0.4, -0.2) is 29.2 Å². The summed E-state index contributed by atoms with van der Waals surface area (Å²) in [5, 5.41) is 0. The fourth-order valence-corrected chi connectivity index (χ4v) is 3.30. The van der Waals surface area contributed by atoms with Gasteiger partial charge in [0.2, 0.25) is 10.0 Å². The lowest BCUT2D eigenvalue weighted by Crippen LogP contribution is -2.29. The van der Waals surface area contributed by atoms with E-state index in [1.165, 1.54) is 14.2 Å². The SMILES string of the molecule is COc1cccc(C(CNS(=O)(=O)c2ccc(C(F)(F)F)cc2)OC)c1. The predicted octanol–water partition coefficient (Wildman–Crippen LogP) is 3.38. The first-order chi connectivity index (χ1) is 12.2. The summed E-state index contributed by atoms with van der Waals surface area (Å²) in [6, 6.07) is 10.2. The summed E-state index contributed by atoms with van der Waals surface area (Å²) in [4.78, 5) is -0.258. The molecule has 0 heterocycles. The number of halogens is 3. The van der Waals surface area contributed by atoms with Gasteiger partial charge in [0.15, 0.2) is 0 Å². The van der Waals surface area contributed by atoms with Gasteiger partial charge < -0.3 is 9.47 Å². The number of benzene rings is 2. The van der Waals surface area contributed by atoms with Gasteiger partial charge in [-0.05, 0) is 42.0 Å². The van der Waals surface area contributed by atoms with Crippen molar-refractivity contribution >= 4 is 10.0 Å². The highest BCUT2D eigenvalue weighted by Crippen LogP contribution is 2.29. The molecule has 26 heavy (non-hydrogen) atoms. The molecule has 0 saturated carbocycles. The Balaban J connectivity index is 2.12. The molecule has 5 nitrogen and oxygen atoms in total. The lowest BCUT2D eigenvalue weighted by molar-refractivity contribution is -0.137. The second-order valence-corrected chi connectivity index (χ2v) is 7.14. The molecular weight excluding hydrogens is 371 g/mol. The smallest absolute Gasteiger partial charge is 0.416 e. The minimum Gasteiger partial charge on any atom is -0.497 e. The van der Waals surface area contributed by atoms with Crippen molar-refractivity contribution in [2.45, 2.75) is 17.2 Å². The monoisotopic (exact) mass is 389 g/mol. The van der Waals surface area contributed by atoms with E-state index in [2.05, 4.69) is 4.72 Å². The van der Waals surface area contributed by atoms with Crippen LogP contribution in [-0.2, 0) is 20.9 Å². The van der Waals surface area contributed by atoms with Gasteiger partial charge in [0.1, 0.15) is 5.75 Å². The van der Waals surface area contributed by atoms with Crippen LogP contribution in [0.15, 0.2) is 53.4 Å². The summed E-state index contributed by atoms with van der Waals surface area (Å²) >= 11 is 0. The molecule has 0 fully saturated rings. The van der Waals surface area contributed by atoms with E-state index in [0.29, 0.717) is 11.3 Å². The number of nitrogens with one attached hydrogen (secondary N) is 1. The Kier molecular flexibility index (Phi) is 6.27. The Morgan fingerprint density at radius 2 is 1.73 bits per heavy atom. The van der Waals surface area contributed by atoms with Gasteiger partial charge in [0.05, 0.1) is 23.7 Å². The maximum atomic E-state index is 12.6. The van der Waals surface area contributed by atoms with Gasteiger partial charge in [-0.2, -0.15) is 13.2 Å². The molecule has 0 bridgehead atoms. The van der Waals surface area contributed by atoms with E-state index >= 15 is 0 Å². The molecule has 2 aromatic rings. The van der Waals surface area contributed by atoms with Crippen molar-refractivity contribution in [2.24, 2.45) is 0 Å². The highest BCUT2D eigenvalue weighted by atomic mass is 32.2. The average molecular weight is 389 g/mol. The summed E-state index contributed by atoms with van der Waals surface area (Å²) in [5.74, 6) is 0.593. The fraction of sp³-hybridized carbons (Fsp3) is 0.294. The zero-order valence-electron chi connectivity index (χ0n) is 14.1. The topological polar surface area (TPSA) is 64.6 Å². The normalized spacial score (nSPS) is 13.4. The first-order valence-corrected chi connectivity index (χ1v) is 8.99. The van der Waals surface area contributed by atoms with Crippen molar-refractivity contribution in [2.75, 3.05) is 20.8 Å². The number of alkyl halides is 3. The summed E-state index contributed by atoms with van der Waals surface area (Å²) in [6.07, 6.45) is -5.11. The molecule has 0 aliphatic rings. The fourth-order valence-electron chi connectivity index (χ4n) is 2.27. The third-order valence-electron chi connectivity index (χ3n) is 3.70. The van der Waals surface area contributed by atoms with Crippen molar-refractivity contribution in [1.29, 1.82) is 0 Å². The number of hydrogen-bond acceptors (Lipinski definition) is 4. The largest absolute Gasteiger partial charge is 0.497 e. The van der Waals surface area contributed by atoms with Gasteiger partial charge in [0, 0.05) is 13.7 Å². The lowest BCUT2D eigenvalue weighted by Gasteiger charge is -2.17. The molecule has 0 saturated heterocycles.